The number of hydrogen-bond acceptors (Lipinski definition) is 6. The van der Waals surface area contributed by atoms with Crippen molar-refractivity contribution < 1.29 is 12.9 Å². The lowest BCUT2D eigenvalue weighted by Gasteiger charge is -2.35. The summed E-state index contributed by atoms with van der Waals surface area (Å²) >= 11 is 0. The third-order valence-corrected chi connectivity index (χ3v) is 6.48. The van der Waals surface area contributed by atoms with Gasteiger partial charge in [0.05, 0.1) is 10.8 Å². The van der Waals surface area contributed by atoms with E-state index < -0.39 is 10.0 Å². The van der Waals surface area contributed by atoms with Crippen LogP contribution in [0.4, 0.5) is 0 Å². The molecule has 0 aliphatic carbocycles. The number of nitrogens with zero attached hydrogens (tertiary/aromatic N) is 4. The number of pyridine rings is 1. The number of aryl methyl sites for hydroxylation is 2. The van der Waals surface area contributed by atoms with Crippen LogP contribution in [0.15, 0.2) is 52.0 Å². The minimum atomic E-state index is -3.50. The van der Waals surface area contributed by atoms with E-state index in [2.05, 4.69) is 15.1 Å². The van der Waals surface area contributed by atoms with Crippen molar-refractivity contribution in [3.63, 3.8) is 0 Å². The van der Waals surface area contributed by atoms with E-state index >= 15 is 0 Å². The fraction of sp³-hybridized carbons (Fsp3) is 0.278. The first-order valence-corrected chi connectivity index (χ1v) is 9.71. The van der Waals surface area contributed by atoms with Crippen LogP contribution in [0.5, 0.6) is 0 Å². The molecule has 1 aliphatic heterocycles. The summed E-state index contributed by atoms with van der Waals surface area (Å²) in [5.74, 6) is 0.759. The highest BCUT2D eigenvalue weighted by atomic mass is 32.2. The monoisotopic (exact) mass is 370 g/mol. The van der Waals surface area contributed by atoms with Crippen LogP contribution in [0.25, 0.3) is 11.5 Å². The van der Waals surface area contributed by atoms with Crippen LogP contribution in [0.1, 0.15) is 22.9 Å². The molecule has 0 unspecified atom stereocenters. The van der Waals surface area contributed by atoms with Gasteiger partial charge in [-0.1, -0.05) is 17.3 Å². The molecule has 0 saturated carbocycles. The zero-order chi connectivity index (χ0) is 18.3. The molecule has 1 aliphatic rings. The van der Waals surface area contributed by atoms with Crippen molar-refractivity contribution in [3.8, 4) is 11.5 Å². The predicted molar refractivity (Wildman–Crippen MR) is 94.9 cm³/mol. The summed E-state index contributed by atoms with van der Waals surface area (Å²) in [6, 6.07) is 10.6. The van der Waals surface area contributed by atoms with Crippen molar-refractivity contribution in [2.24, 2.45) is 0 Å². The zero-order valence-electron chi connectivity index (χ0n) is 14.5. The number of sulfonamides is 1. The Kier molecular flexibility index (Phi) is 4.08. The van der Waals surface area contributed by atoms with Crippen LogP contribution in [-0.2, 0) is 10.0 Å². The lowest BCUT2D eigenvalue weighted by atomic mass is 10.0. The highest BCUT2D eigenvalue weighted by Gasteiger charge is 2.40. The van der Waals surface area contributed by atoms with Gasteiger partial charge in [-0.15, -0.1) is 0 Å². The molecule has 1 aromatic carbocycles. The molecule has 3 aromatic rings. The van der Waals surface area contributed by atoms with E-state index in [-0.39, 0.29) is 5.92 Å². The smallest absolute Gasteiger partial charge is 0.243 e. The maximum Gasteiger partial charge on any atom is 0.243 e. The summed E-state index contributed by atoms with van der Waals surface area (Å²) < 4.78 is 32.2. The fourth-order valence-corrected chi connectivity index (χ4v) is 4.43. The Labute approximate surface area is 151 Å². The fourth-order valence-electron chi connectivity index (χ4n) is 2.81. The minimum Gasteiger partial charge on any atom is -0.339 e. The average molecular weight is 370 g/mol. The van der Waals surface area contributed by atoms with E-state index in [0.717, 1.165) is 11.1 Å². The molecule has 0 atom stereocenters. The summed E-state index contributed by atoms with van der Waals surface area (Å²) in [7, 11) is -3.50. The van der Waals surface area contributed by atoms with Gasteiger partial charge in [0.25, 0.3) is 0 Å². The molecule has 8 heteroatoms. The normalized spacial score (nSPS) is 15.8. The summed E-state index contributed by atoms with van der Waals surface area (Å²) in [5, 5.41) is 3.94. The highest BCUT2D eigenvalue weighted by Crippen LogP contribution is 2.32. The zero-order valence-corrected chi connectivity index (χ0v) is 15.3. The first-order valence-electron chi connectivity index (χ1n) is 8.27. The van der Waals surface area contributed by atoms with Gasteiger partial charge in [0.1, 0.15) is 5.69 Å². The van der Waals surface area contributed by atoms with Gasteiger partial charge in [-0.3, -0.25) is 4.98 Å². The first-order chi connectivity index (χ1) is 12.4. The topological polar surface area (TPSA) is 89.2 Å². The van der Waals surface area contributed by atoms with Crippen LogP contribution in [0.3, 0.4) is 0 Å². The molecular weight excluding hydrogens is 352 g/mol. The molecule has 0 radical (unpaired) electrons. The Morgan fingerprint density at radius 1 is 1.12 bits per heavy atom. The number of rotatable bonds is 4. The van der Waals surface area contributed by atoms with Gasteiger partial charge in [0.15, 0.2) is 0 Å². The van der Waals surface area contributed by atoms with Crippen molar-refractivity contribution in [1.29, 1.82) is 0 Å². The van der Waals surface area contributed by atoms with Gasteiger partial charge < -0.3 is 4.52 Å². The SMILES string of the molecule is Cc1ccc(S(=O)(=O)N2CC(c3nc(-c4ccccn4)no3)C2)cc1C. The van der Waals surface area contributed by atoms with Gasteiger partial charge in [-0.05, 0) is 49.2 Å². The molecule has 134 valence electrons. The molecule has 0 spiro atoms. The number of aromatic nitrogens is 3. The number of benzene rings is 1. The van der Waals surface area contributed by atoms with Crippen LogP contribution in [-0.4, -0.2) is 40.9 Å². The van der Waals surface area contributed by atoms with Gasteiger partial charge in [-0.2, -0.15) is 9.29 Å². The maximum atomic E-state index is 12.7. The largest absolute Gasteiger partial charge is 0.339 e. The standard InChI is InChI=1S/C18H18N4O3S/c1-12-6-7-15(9-13(12)2)26(23,24)22-10-14(11-22)18-20-17(21-25-18)16-5-3-4-8-19-16/h3-9,14H,10-11H2,1-2H3. The van der Waals surface area contributed by atoms with E-state index in [1.165, 1.54) is 4.31 Å². The molecule has 0 N–H and O–H groups in total. The van der Waals surface area contributed by atoms with Gasteiger partial charge in [-0.25, -0.2) is 8.42 Å². The number of hydrogen-bond donors (Lipinski definition) is 0. The van der Waals surface area contributed by atoms with Gasteiger partial charge in [0.2, 0.25) is 21.7 Å². The molecule has 1 fully saturated rings. The quantitative estimate of drug-likeness (QED) is 0.701. The average Bonchev–Trinajstić information content (AvgIpc) is 3.06. The van der Waals surface area contributed by atoms with Crippen LogP contribution < -0.4 is 0 Å². The Bertz CT molecular complexity index is 1040. The highest BCUT2D eigenvalue weighted by molar-refractivity contribution is 7.89. The van der Waals surface area contributed by atoms with E-state index in [1.54, 1.807) is 24.4 Å². The van der Waals surface area contributed by atoms with E-state index in [1.807, 2.05) is 32.0 Å². The Balaban J connectivity index is 1.48. The second-order valence-corrected chi connectivity index (χ2v) is 8.37. The van der Waals surface area contributed by atoms with E-state index in [9.17, 15) is 8.42 Å². The third-order valence-electron chi connectivity index (χ3n) is 4.65. The molecule has 7 nitrogen and oxygen atoms in total. The van der Waals surface area contributed by atoms with Crippen molar-refractivity contribution in [3.05, 3.63) is 59.6 Å². The Morgan fingerprint density at radius 3 is 2.62 bits per heavy atom. The molecule has 1 saturated heterocycles. The Hall–Kier alpha value is -2.58. The molecule has 26 heavy (non-hydrogen) atoms. The van der Waals surface area contributed by atoms with E-state index in [0.29, 0.717) is 35.4 Å². The van der Waals surface area contributed by atoms with Crippen molar-refractivity contribution in [2.75, 3.05) is 13.1 Å². The first kappa shape index (κ1) is 16.9. The maximum absolute atomic E-state index is 12.7. The van der Waals surface area contributed by atoms with Crippen molar-refractivity contribution >= 4 is 10.0 Å². The molecule has 4 rings (SSSR count). The Morgan fingerprint density at radius 2 is 1.92 bits per heavy atom. The van der Waals surface area contributed by atoms with Crippen molar-refractivity contribution in [1.82, 2.24) is 19.4 Å². The second kappa shape index (κ2) is 6.30. The van der Waals surface area contributed by atoms with Gasteiger partial charge >= 0.3 is 0 Å². The molecular formula is C18H18N4O3S. The molecule has 3 heterocycles. The van der Waals surface area contributed by atoms with Crippen LogP contribution >= 0.6 is 0 Å². The summed E-state index contributed by atoms with van der Waals surface area (Å²) in [6.07, 6.45) is 1.66. The minimum absolute atomic E-state index is 0.0960. The molecule has 0 bridgehead atoms. The predicted octanol–water partition coefficient (Wildman–Crippen LogP) is 2.54. The van der Waals surface area contributed by atoms with Crippen LogP contribution in [0.2, 0.25) is 0 Å². The van der Waals surface area contributed by atoms with E-state index in [4.69, 9.17) is 4.52 Å². The molecule has 2 aromatic heterocycles. The third kappa shape index (κ3) is 2.91. The van der Waals surface area contributed by atoms with Gasteiger partial charge in [0, 0.05) is 19.3 Å². The van der Waals surface area contributed by atoms with Crippen molar-refractivity contribution in [2.45, 2.75) is 24.7 Å². The van der Waals surface area contributed by atoms with Crippen LogP contribution in [0, 0.1) is 13.8 Å². The molecule has 0 amide bonds. The second-order valence-electron chi connectivity index (χ2n) is 6.44. The summed E-state index contributed by atoms with van der Waals surface area (Å²) in [4.78, 5) is 8.86. The summed E-state index contributed by atoms with van der Waals surface area (Å²) in [6.45, 7) is 4.53. The lowest BCUT2D eigenvalue weighted by molar-refractivity contribution is 0.217. The lowest BCUT2D eigenvalue weighted by Crippen LogP contribution is -2.48. The summed E-state index contributed by atoms with van der Waals surface area (Å²) in [5.41, 5.74) is 2.65.